The Labute approximate surface area is 178 Å². The van der Waals surface area contributed by atoms with Gasteiger partial charge in [0, 0.05) is 11.1 Å². The largest absolute Gasteiger partial charge is 0.507 e. The molecule has 148 valence electrons. The zero-order chi connectivity index (χ0) is 20.9. The van der Waals surface area contributed by atoms with Crippen molar-refractivity contribution >= 4 is 51.3 Å². The first-order valence-electron chi connectivity index (χ1n) is 9.17. The smallest absolute Gasteiger partial charge is 0.207 e. The molecule has 0 unspecified atom stereocenters. The first-order valence-corrected chi connectivity index (χ1v) is 9.58. The number of phenolic OH excluding ortho intramolecular Hbond substituents is 2. The summed E-state index contributed by atoms with van der Waals surface area (Å²) in [7, 11) is 0. The summed E-state index contributed by atoms with van der Waals surface area (Å²) in [6.07, 6.45) is 3.01. The van der Waals surface area contributed by atoms with Crippen molar-refractivity contribution < 1.29 is 10.2 Å². The maximum atomic E-state index is 10.1. The molecular weight excluding hydrogens is 396 g/mol. The molecule has 0 radical (unpaired) electrons. The Balaban J connectivity index is 1.44. The summed E-state index contributed by atoms with van der Waals surface area (Å²) in [6.45, 7) is 0. The van der Waals surface area contributed by atoms with Crippen molar-refractivity contribution in [2.75, 3.05) is 0 Å². The Morgan fingerprint density at radius 1 is 0.667 bits per heavy atom. The monoisotopic (exact) mass is 414 g/mol. The lowest BCUT2D eigenvalue weighted by Crippen LogP contribution is -2.28. The number of benzene rings is 4. The Hall–Kier alpha value is -3.97. The van der Waals surface area contributed by atoms with Crippen molar-refractivity contribution in [3.8, 4) is 11.5 Å². The van der Waals surface area contributed by atoms with Gasteiger partial charge in [-0.3, -0.25) is 10.9 Å². The number of nitrogens with one attached hydrogen (secondary N) is 2. The Kier molecular flexibility index (Phi) is 5.54. The summed E-state index contributed by atoms with van der Waals surface area (Å²) in [5, 5.41) is 32.4. The fourth-order valence-corrected chi connectivity index (χ4v) is 3.28. The van der Waals surface area contributed by atoms with E-state index in [1.165, 1.54) is 12.4 Å². The van der Waals surface area contributed by atoms with E-state index in [1.807, 2.05) is 60.7 Å². The maximum Gasteiger partial charge on any atom is 0.207 e. The zero-order valence-corrected chi connectivity index (χ0v) is 16.6. The van der Waals surface area contributed by atoms with Gasteiger partial charge in [0.25, 0.3) is 0 Å². The third-order valence-corrected chi connectivity index (χ3v) is 4.80. The highest BCUT2D eigenvalue weighted by molar-refractivity contribution is 7.80. The highest BCUT2D eigenvalue weighted by atomic mass is 32.1. The van der Waals surface area contributed by atoms with Gasteiger partial charge in [-0.1, -0.05) is 60.7 Å². The molecule has 0 atom stereocenters. The molecule has 0 spiro atoms. The number of hydrogen-bond acceptors (Lipinski definition) is 5. The van der Waals surface area contributed by atoms with Gasteiger partial charge in [-0.25, -0.2) is 0 Å². The summed E-state index contributed by atoms with van der Waals surface area (Å²) in [6, 6.07) is 22.4. The third-order valence-electron chi connectivity index (χ3n) is 4.61. The normalized spacial score (nSPS) is 11.5. The van der Waals surface area contributed by atoms with Crippen LogP contribution in [0.2, 0.25) is 0 Å². The Morgan fingerprint density at radius 3 is 1.57 bits per heavy atom. The van der Waals surface area contributed by atoms with Crippen LogP contribution in [0.25, 0.3) is 21.5 Å². The number of hydrazone groups is 2. The molecule has 4 aromatic carbocycles. The minimum Gasteiger partial charge on any atom is -0.507 e. The molecule has 0 amide bonds. The summed E-state index contributed by atoms with van der Waals surface area (Å²) >= 11 is 5.17. The van der Waals surface area contributed by atoms with Crippen molar-refractivity contribution in [2.24, 2.45) is 10.2 Å². The molecule has 0 aliphatic carbocycles. The van der Waals surface area contributed by atoms with Crippen LogP contribution in [0, 0.1) is 0 Å². The minimum absolute atomic E-state index is 0.127. The van der Waals surface area contributed by atoms with E-state index in [9.17, 15) is 10.2 Å². The molecule has 0 aliphatic rings. The van der Waals surface area contributed by atoms with E-state index in [1.54, 1.807) is 12.1 Å². The molecule has 30 heavy (non-hydrogen) atoms. The number of phenols is 2. The highest BCUT2D eigenvalue weighted by Gasteiger charge is 2.05. The minimum atomic E-state index is 0.127. The topological polar surface area (TPSA) is 89.2 Å². The van der Waals surface area contributed by atoms with E-state index >= 15 is 0 Å². The fourth-order valence-electron chi connectivity index (χ4n) is 3.18. The molecule has 0 heterocycles. The Morgan fingerprint density at radius 2 is 1.10 bits per heavy atom. The third kappa shape index (κ3) is 4.06. The van der Waals surface area contributed by atoms with Crippen LogP contribution in [0.1, 0.15) is 11.1 Å². The predicted molar refractivity (Wildman–Crippen MR) is 125 cm³/mol. The van der Waals surface area contributed by atoms with Crippen LogP contribution in [0.15, 0.2) is 83.0 Å². The van der Waals surface area contributed by atoms with Crippen LogP contribution in [0.5, 0.6) is 11.5 Å². The van der Waals surface area contributed by atoms with Crippen LogP contribution in [0.4, 0.5) is 0 Å². The molecule has 0 aliphatic heterocycles. The van der Waals surface area contributed by atoms with Crippen molar-refractivity contribution in [3.63, 3.8) is 0 Å². The average Bonchev–Trinajstić information content (AvgIpc) is 2.77. The first-order chi connectivity index (χ1) is 14.6. The quantitative estimate of drug-likeness (QED) is 0.228. The number of nitrogens with zero attached hydrogens (tertiary/aromatic N) is 2. The molecule has 0 bridgehead atoms. The van der Waals surface area contributed by atoms with Gasteiger partial charge in [0.1, 0.15) is 11.5 Å². The molecule has 4 rings (SSSR count). The SMILES string of the molecule is Oc1ccc2ccccc2c1/C=N/NC(=S)N/N=C/c1c(O)ccc2ccccc12. The lowest BCUT2D eigenvalue weighted by atomic mass is 10.0. The molecule has 7 heteroatoms. The van der Waals surface area contributed by atoms with Gasteiger partial charge >= 0.3 is 0 Å². The van der Waals surface area contributed by atoms with Crippen LogP contribution >= 0.6 is 12.2 Å². The highest BCUT2D eigenvalue weighted by Crippen LogP contribution is 2.26. The molecule has 0 aromatic heterocycles. The van der Waals surface area contributed by atoms with Gasteiger partial charge in [0.15, 0.2) is 0 Å². The molecule has 0 saturated carbocycles. The number of fused-ring (bicyclic) bond motifs is 2. The van der Waals surface area contributed by atoms with E-state index < -0.39 is 0 Å². The van der Waals surface area contributed by atoms with E-state index in [0.717, 1.165) is 21.5 Å². The van der Waals surface area contributed by atoms with Crippen LogP contribution in [-0.4, -0.2) is 27.8 Å². The summed E-state index contributed by atoms with van der Waals surface area (Å²) in [4.78, 5) is 0. The van der Waals surface area contributed by atoms with Crippen molar-refractivity contribution in [1.82, 2.24) is 10.9 Å². The van der Waals surface area contributed by atoms with Gasteiger partial charge in [-0.2, -0.15) is 10.2 Å². The van der Waals surface area contributed by atoms with Gasteiger partial charge in [0.2, 0.25) is 5.11 Å². The van der Waals surface area contributed by atoms with E-state index in [0.29, 0.717) is 11.1 Å². The van der Waals surface area contributed by atoms with E-state index in [2.05, 4.69) is 21.1 Å². The lowest BCUT2D eigenvalue weighted by Gasteiger charge is -2.06. The summed E-state index contributed by atoms with van der Waals surface area (Å²) < 4.78 is 0. The fraction of sp³-hybridized carbons (Fsp3) is 0. The Bertz CT molecular complexity index is 1200. The van der Waals surface area contributed by atoms with Crippen molar-refractivity contribution in [3.05, 3.63) is 83.9 Å². The van der Waals surface area contributed by atoms with E-state index in [4.69, 9.17) is 12.2 Å². The van der Waals surface area contributed by atoms with Crippen molar-refractivity contribution in [1.29, 1.82) is 0 Å². The predicted octanol–water partition coefficient (Wildman–Crippen LogP) is 4.24. The van der Waals surface area contributed by atoms with Gasteiger partial charge < -0.3 is 10.2 Å². The lowest BCUT2D eigenvalue weighted by molar-refractivity contribution is 0.475. The average molecular weight is 414 g/mol. The van der Waals surface area contributed by atoms with Gasteiger partial charge in [0.05, 0.1) is 12.4 Å². The molecule has 0 fully saturated rings. The molecule has 4 aromatic rings. The van der Waals surface area contributed by atoms with E-state index in [-0.39, 0.29) is 16.6 Å². The second-order valence-corrected chi connectivity index (χ2v) is 6.92. The second kappa shape index (κ2) is 8.59. The zero-order valence-electron chi connectivity index (χ0n) is 15.8. The number of thiocarbonyl (C=S) groups is 1. The standard InChI is InChI=1S/C23H18N4O2S/c28-21-11-9-15-5-1-3-7-17(15)19(21)13-24-26-23(30)27-25-14-20-18-8-4-2-6-16(18)10-12-22(20)29/h1-14,28-29H,(H2,26,27,30)/b24-13+,25-14+. The van der Waals surface area contributed by atoms with Crippen LogP contribution in [0.3, 0.4) is 0 Å². The number of hydrogen-bond donors (Lipinski definition) is 4. The van der Waals surface area contributed by atoms with Crippen molar-refractivity contribution in [2.45, 2.75) is 0 Å². The first kappa shape index (κ1) is 19.4. The molecule has 6 nitrogen and oxygen atoms in total. The summed E-state index contributed by atoms with van der Waals surface area (Å²) in [5.41, 5.74) is 6.51. The van der Waals surface area contributed by atoms with Gasteiger partial charge in [-0.15, -0.1) is 0 Å². The molecule has 0 saturated heterocycles. The molecule has 4 N–H and O–H groups in total. The number of rotatable bonds is 4. The summed E-state index contributed by atoms with van der Waals surface area (Å²) in [5.74, 6) is 0.255. The van der Waals surface area contributed by atoms with Gasteiger partial charge in [-0.05, 0) is 45.9 Å². The van der Waals surface area contributed by atoms with Crippen LogP contribution in [-0.2, 0) is 0 Å². The second-order valence-electron chi connectivity index (χ2n) is 6.51. The molecular formula is C23H18N4O2S. The van der Waals surface area contributed by atoms with Crippen LogP contribution < -0.4 is 10.9 Å². The number of aromatic hydroxyl groups is 2. The maximum absolute atomic E-state index is 10.1.